The number of fused-ring (bicyclic) bond motifs is 1. The number of hydrogen-bond acceptors (Lipinski definition) is 6. The number of benzene rings is 1. The summed E-state index contributed by atoms with van der Waals surface area (Å²) < 4.78 is 17.3. The summed E-state index contributed by atoms with van der Waals surface area (Å²) in [5, 5.41) is 0. The lowest BCUT2D eigenvalue weighted by Gasteiger charge is -2.29. The Hall–Kier alpha value is -3.06. The smallest absolute Gasteiger partial charge is 0.340 e. The zero-order chi connectivity index (χ0) is 19.6. The van der Waals surface area contributed by atoms with E-state index in [4.69, 9.17) is 19.9 Å². The molecule has 7 heteroatoms. The van der Waals surface area contributed by atoms with Gasteiger partial charge in [-0.3, -0.25) is 4.79 Å². The Morgan fingerprint density at radius 2 is 1.96 bits per heavy atom. The topological polar surface area (TPSA) is 92.8 Å². The summed E-state index contributed by atoms with van der Waals surface area (Å²) in [4.78, 5) is 25.7. The normalized spacial score (nSPS) is 15.9. The molecule has 7 nitrogen and oxygen atoms in total. The van der Waals surface area contributed by atoms with E-state index in [2.05, 4.69) is 0 Å². The number of pyridine rings is 1. The maximum absolute atomic E-state index is 13.3. The summed E-state index contributed by atoms with van der Waals surface area (Å²) in [6, 6.07) is 11.0. The summed E-state index contributed by atoms with van der Waals surface area (Å²) in [7, 11) is 2.85. The van der Waals surface area contributed by atoms with Gasteiger partial charge < -0.3 is 24.5 Å². The lowest BCUT2D eigenvalue weighted by molar-refractivity contribution is -0.136. The number of nitrogens with two attached hydrogens (primary N) is 1. The molecule has 0 aliphatic carbocycles. The van der Waals surface area contributed by atoms with Crippen molar-refractivity contribution >= 4 is 5.97 Å². The molecule has 0 bridgehead atoms. The van der Waals surface area contributed by atoms with E-state index in [9.17, 15) is 9.59 Å². The highest BCUT2D eigenvalue weighted by Gasteiger charge is 2.38. The van der Waals surface area contributed by atoms with Gasteiger partial charge in [-0.05, 0) is 12.5 Å². The van der Waals surface area contributed by atoms with Crippen LogP contribution < -0.4 is 16.0 Å². The molecule has 27 heavy (non-hydrogen) atoms. The van der Waals surface area contributed by atoms with E-state index in [1.807, 2.05) is 37.3 Å². The Morgan fingerprint density at radius 3 is 2.59 bits per heavy atom. The predicted molar refractivity (Wildman–Crippen MR) is 99.5 cm³/mol. The first-order valence-electron chi connectivity index (χ1n) is 8.53. The van der Waals surface area contributed by atoms with Crippen LogP contribution in [0.15, 0.2) is 52.6 Å². The van der Waals surface area contributed by atoms with Crippen molar-refractivity contribution in [3.63, 3.8) is 0 Å². The number of rotatable bonds is 5. The highest BCUT2D eigenvalue weighted by molar-refractivity contribution is 5.92. The number of ether oxygens (including phenoxy) is 3. The van der Waals surface area contributed by atoms with E-state index in [0.717, 1.165) is 11.3 Å². The quantitative estimate of drug-likeness (QED) is 0.805. The number of methoxy groups -OCH3 is 2. The second-order valence-corrected chi connectivity index (χ2v) is 6.23. The molecule has 2 aromatic rings. The van der Waals surface area contributed by atoms with Gasteiger partial charge in [0, 0.05) is 25.4 Å². The maximum Gasteiger partial charge on any atom is 0.340 e. The van der Waals surface area contributed by atoms with Crippen LogP contribution >= 0.6 is 0 Å². The monoisotopic (exact) mass is 370 g/mol. The third kappa shape index (κ3) is 3.33. The SMILES string of the molecule is COCCn1c(C)cc2c(c1=O)[C@@H](c1ccccc1)C(C(=O)OC)=C(N)O2. The van der Waals surface area contributed by atoms with Gasteiger partial charge in [-0.15, -0.1) is 0 Å². The lowest BCUT2D eigenvalue weighted by atomic mass is 9.83. The fourth-order valence-electron chi connectivity index (χ4n) is 3.33. The van der Waals surface area contributed by atoms with Crippen molar-refractivity contribution in [3.05, 3.63) is 75.0 Å². The molecule has 0 saturated heterocycles. The summed E-state index contributed by atoms with van der Waals surface area (Å²) in [5.74, 6) is -1.01. The van der Waals surface area contributed by atoms with Gasteiger partial charge in [0.2, 0.25) is 5.88 Å². The fraction of sp³-hybridized carbons (Fsp3) is 0.300. The average Bonchev–Trinajstić information content (AvgIpc) is 2.67. The van der Waals surface area contributed by atoms with Gasteiger partial charge in [-0.1, -0.05) is 30.3 Å². The van der Waals surface area contributed by atoms with Crippen molar-refractivity contribution in [1.29, 1.82) is 0 Å². The second-order valence-electron chi connectivity index (χ2n) is 6.23. The van der Waals surface area contributed by atoms with Crippen molar-refractivity contribution < 1.29 is 19.0 Å². The van der Waals surface area contributed by atoms with Gasteiger partial charge in [-0.2, -0.15) is 0 Å². The minimum absolute atomic E-state index is 0.0587. The van der Waals surface area contributed by atoms with Crippen LogP contribution in [0.3, 0.4) is 0 Å². The van der Waals surface area contributed by atoms with Crippen LogP contribution in [-0.2, 0) is 20.8 Å². The summed E-state index contributed by atoms with van der Waals surface area (Å²) in [5.41, 5.74) is 7.75. The standard InChI is InChI=1S/C20H22N2O5/c1-12-11-14-16(19(23)22(12)9-10-25-2)15(13-7-5-4-6-8-13)17(18(21)27-14)20(24)26-3/h4-8,11,15H,9-10,21H2,1-3H3/t15-/m1/s1. The first kappa shape index (κ1) is 18.7. The molecule has 0 spiro atoms. The van der Waals surface area contributed by atoms with E-state index in [1.54, 1.807) is 17.7 Å². The van der Waals surface area contributed by atoms with E-state index >= 15 is 0 Å². The van der Waals surface area contributed by atoms with E-state index in [1.165, 1.54) is 7.11 Å². The number of nitrogens with zero attached hydrogens (tertiary/aromatic N) is 1. The van der Waals surface area contributed by atoms with Crippen LogP contribution in [0.2, 0.25) is 0 Å². The van der Waals surface area contributed by atoms with Crippen LogP contribution in [0.4, 0.5) is 0 Å². The first-order chi connectivity index (χ1) is 13.0. The molecule has 2 heterocycles. The number of carbonyl (C=O) groups is 1. The number of aromatic nitrogens is 1. The van der Waals surface area contributed by atoms with Crippen LogP contribution in [0, 0.1) is 6.92 Å². The van der Waals surface area contributed by atoms with Crippen molar-refractivity contribution in [2.75, 3.05) is 20.8 Å². The van der Waals surface area contributed by atoms with Crippen molar-refractivity contribution in [2.24, 2.45) is 5.73 Å². The zero-order valence-electron chi connectivity index (χ0n) is 15.5. The Morgan fingerprint density at radius 1 is 1.26 bits per heavy atom. The summed E-state index contributed by atoms with van der Waals surface area (Å²) >= 11 is 0. The molecule has 0 radical (unpaired) electrons. The van der Waals surface area contributed by atoms with Gasteiger partial charge in [0.05, 0.1) is 25.2 Å². The maximum atomic E-state index is 13.3. The molecule has 1 aliphatic rings. The highest BCUT2D eigenvalue weighted by atomic mass is 16.5. The molecule has 1 atom stereocenters. The van der Waals surface area contributed by atoms with Crippen LogP contribution in [-0.4, -0.2) is 31.4 Å². The molecule has 3 rings (SSSR count). The Kier molecular flexibility index (Phi) is 5.32. The number of esters is 1. The molecule has 1 aromatic carbocycles. The zero-order valence-corrected chi connectivity index (χ0v) is 15.5. The minimum Gasteiger partial charge on any atom is -0.465 e. The molecule has 1 aliphatic heterocycles. The molecule has 1 aromatic heterocycles. The van der Waals surface area contributed by atoms with Crippen molar-refractivity contribution in [3.8, 4) is 5.75 Å². The highest BCUT2D eigenvalue weighted by Crippen LogP contribution is 2.41. The van der Waals surface area contributed by atoms with Crippen LogP contribution in [0.25, 0.3) is 0 Å². The molecule has 0 saturated carbocycles. The summed E-state index contributed by atoms with van der Waals surface area (Å²) in [6.07, 6.45) is 0. The largest absolute Gasteiger partial charge is 0.465 e. The van der Waals surface area contributed by atoms with Gasteiger partial charge in [0.1, 0.15) is 11.3 Å². The molecular weight excluding hydrogens is 348 g/mol. The van der Waals surface area contributed by atoms with E-state index < -0.39 is 11.9 Å². The molecule has 0 amide bonds. The van der Waals surface area contributed by atoms with Crippen LogP contribution in [0.5, 0.6) is 5.75 Å². The van der Waals surface area contributed by atoms with Crippen molar-refractivity contribution in [1.82, 2.24) is 4.57 Å². The fourth-order valence-corrected chi connectivity index (χ4v) is 3.33. The lowest BCUT2D eigenvalue weighted by Crippen LogP contribution is -2.35. The van der Waals surface area contributed by atoms with E-state index in [0.29, 0.717) is 24.5 Å². The molecule has 2 N–H and O–H groups in total. The van der Waals surface area contributed by atoms with Gasteiger partial charge in [0.15, 0.2) is 0 Å². The first-order valence-corrected chi connectivity index (χ1v) is 8.53. The number of aryl methyl sites for hydroxylation is 1. The third-order valence-corrected chi connectivity index (χ3v) is 4.63. The molecule has 0 fully saturated rings. The Balaban J connectivity index is 2.28. The number of carbonyl (C=O) groups excluding carboxylic acids is 1. The molecule has 0 unspecified atom stereocenters. The van der Waals surface area contributed by atoms with Crippen LogP contribution in [0.1, 0.15) is 22.7 Å². The Bertz CT molecular complexity index is 947. The predicted octanol–water partition coefficient (Wildman–Crippen LogP) is 1.67. The average molecular weight is 370 g/mol. The molecule has 142 valence electrons. The minimum atomic E-state index is -0.677. The second kappa shape index (κ2) is 7.67. The van der Waals surface area contributed by atoms with Gasteiger partial charge in [0.25, 0.3) is 5.56 Å². The van der Waals surface area contributed by atoms with E-state index in [-0.39, 0.29) is 17.0 Å². The van der Waals surface area contributed by atoms with Gasteiger partial charge in [-0.25, -0.2) is 4.79 Å². The Labute approximate surface area is 157 Å². The third-order valence-electron chi connectivity index (χ3n) is 4.63. The van der Waals surface area contributed by atoms with Crippen molar-refractivity contribution in [2.45, 2.75) is 19.4 Å². The summed E-state index contributed by atoms with van der Waals surface area (Å²) in [6.45, 7) is 2.59. The number of hydrogen-bond donors (Lipinski definition) is 1. The molecular formula is C20H22N2O5. The van der Waals surface area contributed by atoms with Gasteiger partial charge >= 0.3 is 5.97 Å².